The lowest BCUT2D eigenvalue weighted by atomic mass is 9.86. The number of aryl methyl sites for hydroxylation is 1. The molecule has 0 aromatic heterocycles. The number of aliphatic imine (C=N–C) groups is 2. The van der Waals surface area contributed by atoms with Crippen LogP contribution in [0.3, 0.4) is 0 Å². The largest absolute Gasteiger partial charge is 0.497 e. The van der Waals surface area contributed by atoms with Gasteiger partial charge >= 0.3 is 0 Å². The predicted molar refractivity (Wildman–Crippen MR) is 157 cm³/mol. The molecule has 1 fully saturated rings. The molecule has 0 bridgehead atoms. The molecule has 1 saturated carbocycles. The second-order valence-corrected chi connectivity index (χ2v) is 9.56. The van der Waals surface area contributed by atoms with Gasteiger partial charge in [-0.2, -0.15) is 0 Å². The summed E-state index contributed by atoms with van der Waals surface area (Å²) in [4.78, 5) is 21.9. The van der Waals surface area contributed by atoms with E-state index >= 15 is 0 Å². The first-order valence-corrected chi connectivity index (χ1v) is 13.7. The van der Waals surface area contributed by atoms with Crippen molar-refractivity contribution in [1.82, 2.24) is 5.32 Å². The average molecular weight is 504 g/mol. The molecular weight excluding hydrogens is 458 g/mol. The summed E-state index contributed by atoms with van der Waals surface area (Å²) in [5, 5.41) is 2.89. The van der Waals surface area contributed by atoms with Crippen LogP contribution in [-0.2, 0) is 11.2 Å². The van der Waals surface area contributed by atoms with Crippen LogP contribution in [0, 0.1) is 12.8 Å². The standard InChI is InChI=1S/C30H39N3O2.C2H6/c1-22-10-13-26(14-11-22)20-30(34)33-24(3)31-21-29(27-16-18-28(35-4)19-17-27)32-23(2)12-15-25-8-6-5-7-9-25;1-2/h10-11,13-14,16-19,21,25H,5-9,12,15,20H2,1-4H3,(H,31,33,34);1-2H3/b29-21-,32-23?;. The smallest absolute Gasteiger partial charge is 0.229 e. The fraction of sp³-hybridized carbons (Fsp3) is 0.469. The average Bonchev–Trinajstić information content (AvgIpc) is 2.93. The summed E-state index contributed by atoms with van der Waals surface area (Å²) in [5.74, 6) is 2.09. The molecular formula is C32H45N3O2. The molecule has 37 heavy (non-hydrogen) atoms. The van der Waals surface area contributed by atoms with E-state index in [2.05, 4.69) is 17.2 Å². The number of amides is 1. The first kappa shape index (κ1) is 30.0. The van der Waals surface area contributed by atoms with E-state index in [1.807, 2.05) is 69.3 Å². The van der Waals surface area contributed by atoms with Gasteiger partial charge in [0.15, 0.2) is 0 Å². The Morgan fingerprint density at radius 3 is 2.27 bits per heavy atom. The highest BCUT2D eigenvalue weighted by molar-refractivity contribution is 5.98. The van der Waals surface area contributed by atoms with Crippen molar-refractivity contribution in [2.75, 3.05) is 7.11 Å². The summed E-state index contributed by atoms with van der Waals surface area (Å²) in [6, 6.07) is 15.8. The second-order valence-electron chi connectivity index (χ2n) is 9.56. The molecule has 1 amide bonds. The molecule has 0 radical (unpaired) electrons. The van der Waals surface area contributed by atoms with Gasteiger partial charge in [0, 0.05) is 11.3 Å². The molecule has 1 aliphatic rings. The van der Waals surface area contributed by atoms with Crippen LogP contribution in [-0.4, -0.2) is 24.6 Å². The second kappa shape index (κ2) is 16.5. The van der Waals surface area contributed by atoms with E-state index in [4.69, 9.17) is 9.73 Å². The summed E-state index contributed by atoms with van der Waals surface area (Å²) in [7, 11) is 1.66. The predicted octanol–water partition coefficient (Wildman–Crippen LogP) is 7.93. The van der Waals surface area contributed by atoms with Gasteiger partial charge in [0.1, 0.15) is 11.6 Å². The minimum atomic E-state index is -0.0818. The quantitative estimate of drug-likeness (QED) is 0.279. The van der Waals surface area contributed by atoms with Gasteiger partial charge in [-0.3, -0.25) is 9.79 Å². The number of hydrogen-bond acceptors (Lipinski definition) is 4. The number of ether oxygens (including phenoxy) is 1. The van der Waals surface area contributed by atoms with Crippen LogP contribution in [0.4, 0.5) is 0 Å². The molecule has 0 aliphatic heterocycles. The third-order valence-electron chi connectivity index (χ3n) is 6.52. The fourth-order valence-electron chi connectivity index (χ4n) is 4.41. The first-order chi connectivity index (χ1) is 17.9. The van der Waals surface area contributed by atoms with Crippen molar-refractivity contribution < 1.29 is 9.53 Å². The third-order valence-corrected chi connectivity index (χ3v) is 6.52. The van der Waals surface area contributed by atoms with Gasteiger partial charge in [-0.25, -0.2) is 4.99 Å². The topological polar surface area (TPSA) is 63.0 Å². The summed E-state index contributed by atoms with van der Waals surface area (Å²) in [6.45, 7) is 9.93. The van der Waals surface area contributed by atoms with Crippen molar-refractivity contribution in [3.63, 3.8) is 0 Å². The van der Waals surface area contributed by atoms with Crippen LogP contribution in [0.2, 0.25) is 0 Å². The normalized spacial score (nSPS) is 15.0. The molecule has 0 unspecified atom stereocenters. The van der Waals surface area contributed by atoms with Crippen LogP contribution in [0.15, 0.2) is 64.7 Å². The number of benzene rings is 2. The molecule has 5 heteroatoms. The monoisotopic (exact) mass is 503 g/mol. The van der Waals surface area contributed by atoms with Gasteiger partial charge in [-0.1, -0.05) is 75.8 Å². The number of nitrogens with zero attached hydrogens (tertiary/aromatic N) is 2. The highest BCUT2D eigenvalue weighted by atomic mass is 16.5. The molecule has 0 atom stereocenters. The Hall–Kier alpha value is -3.21. The number of hydrogen-bond donors (Lipinski definition) is 1. The highest BCUT2D eigenvalue weighted by Crippen LogP contribution is 2.28. The third kappa shape index (κ3) is 11.2. The van der Waals surface area contributed by atoms with Gasteiger partial charge in [-0.05, 0) is 69.4 Å². The van der Waals surface area contributed by atoms with Crippen molar-refractivity contribution >= 4 is 23.2 Å². The maximum Gasteiger partial charge on any atom is 0.229 e. The minimum absolute atomic E-state index is 0.0818. The van der Waals surface area contributed by atoms with E-state index in [9.17, 15) is 4.79 Å². The zero-order valence-corrected chi connectivity index (χ0v) is 23.6. The lowest BCUT2D eigenvalue weighted by Gasteiger charge is -2.21. The van der Waals surface area contributed by atoms with E-state index in [0.29, 0.717) is 12.3 Å². The Kier molecular flexibility index (Phi) is 13.4. The Labute approximate surface area is 224 Å². The number of carbonyl (C=O) groups is 1. The van der Waals surface area contributed by atoms with Crippen molar-refractivity contribution in [2.45, 2.75) is 86.0 Å². The van der Waals surface area contributed by atoms with Crippen molar-refractivity contribution in [3.05, 3.63) is 71.4 Å². The number of carbonyl (C=O) groups excluding carboxylic acids is 1. The van der Waals surface area contributed by atoms with Gasteiger partial charge in [0.2, 0.25) is 5.91 Å². The molecule has 1 N–H and O–H groups in total. The van der Waals surface area contributed by atoms with E-state index < -0.39 is 0 Å². The van der Waals surface area contributed by atoms with Crippen molar-refractivity contribution in [3.8, 4) is 5.75 Å². The van der Waals surface area contributed by atoms with Crippen molar-refractivity contribution in [1.29, 1.82) is 0 Å². The lowest BCUT2D eigenvalue weighted by Crippen LogP contribution is -2.29. The van der Waals surface area contributed by atoms with Crippen molar-refractivity contribution in [2.24, 2.45) is 15.9 Å². The van der Waals surface area contributed by atoms with Gasteiger partial charge in [0.05, 0.1) is 25.4 Å². The van der Waals surface area contributed by atoms with Gasteiger partial charge < -0.3 is 10.1 Å². The molecule has 0 spiro atoms. The van der Waals surface area contributed by atoms with Gasteiger partial charge in [0.25, 0.3) is 0 Å². The minimum Gasteiger partial charge on any atom is -0.497 e. The molecule has 2 aromatic carbocycles. The number of nitrogens with one attached hydrogen (secondary N) is 1. The van der Waals surface area contributed by atoms with Crippen LogP contribution >= 0.6 is 0 Å². The Balaban J connectivity index is 0.00000235. The molecule has 1 aliphatic carbocycles. The highest BCUT2D eigenvalue weighted by Gasteiger charge is 2.13. The zero-order valence-electron chi connectivity index (χ0n) is 23.6. The van der Waals surface area contributed by atoms with Gasteiger partial charge in [-0.15, -0.1) is 0 Å². The molecule has 3 rings (SSSR count). The number of rotatable bonds is 9. The van der Waals surface area contributed by atoms with E-state index in [-0.39, 0.29) is 5.91 Å². The Morgan fingerprint density at radius 2 is 1.65 bits per heavy atom. The summed E-state index contributed by atoms with van der Waals surface area (Å²) >= 11 is 0. The molecule has 2 aromatic rings. The molecule has 0 heterocycles. The number of amidine groups is 1. The fourth-order valence-corrected chi connectivity index (χ4v) is 4.41. The van der Waals surface area contributed by atoms with Crippen LogP contribution in [0.1, 0.15) is 89.3 Å². The Morgan fingerprint density at radius 1 is 1.00 bits per heavy atom. The van der Waals surface area contributed by atoms with E-state index in [1.54, 1.807) is 20.2 Å². The SMILES string of the molecule is CC.COc1ccc(/C(=C/N=C(C)NC(=O)Cc2ccc(C)cc2)N=C(C)CCC2CCCCC2)cc1. The molecule has 0 saturated heterocycles. The summed E-state index contributed by atoms with van der Waals surface area (Å²) < 4.78 is 5.30. The molecule has 200 valence electrons. The zero-order chi connectivity index (χ0) is 27.0. The van der Waals surface area contributed by atoms with Crippen LogP contribution < -0.4 is 10.1 Å². The summed E-state index contributed by atoms with van der Waals surface area (Å²) in [6.07, 6.45) is 11.1. The summed E-state index contributed by atoms with van der Waals surface area (Å²) in [5.41, 5.74) is 5.01. The van der Waals surface area contributed by atoms with Crippen LogP contribution in [0.25, 0.3) is 5.70 Å². The maximum atomic E-state index is 12.5. The maximum absolute atomic E-state index is 12.5. The first-order valence-electron chi connectivity index (χ1n) is 13.7. The van der Waals surface area contributed by atoms with E-state index in [0.717, 1.165) is 40.6 Å². The van der Waals surface area contributed by atoms with Crippen LogP contribution in [0.5, 0.6) is 5.75 Å². The molecule has 5 nitrogen and oxygen atoms in total. The Bertz CT molecular complexity index is 1040. The van der Waals surface area contributed by atoms with E-state index in [1.165, 1.54) is 44.1 Å². The lowest BCUT2D eigenvalue weighted by molar-refractivity contribution is -0.119. The number of methoxy groups -OCH3 is 1.